The number of hydrogen-bond acceptors (Lipinski definition) is 6. The zero-order valence-corrected chi connectivity index (χ0v) is 14.1. The fourth-order valence-electron chi connectivity index (χ4n) is 1.53. The van der Waals surface area contributed by atoms with Crippen molar-refractivity contribution in [2.24, 2.45) is 9.50 Å². The van der Waals surface area contributed by atoms with Gasteiger partial charge < -0.3 is 15.2 Å². The third-order valence-electron chi connectivity index (χ3n) is 2.81. The molecule has 1 aromatic heterocycles. The maximum absolute atomic E-state index is 12.4. The van der Waals surface area contributed by atoms with Crippen LogP contribution < -0.4 is 10.5 Å². The second kappa shape index (κ2) is 6.72. The molecule has 0 saturated heterocycles. The van der Waals surface area contributed by atoms with E-state index in [0.717, 1.165) is 11.3 Å². The van der Waals surface area contributed by atoms with Crippen LogP contribution in [0.1, 0.15) is 11.9 Å². The van der Waals surface area contributed by atoms with E-state index in [0.29, 0.717) is 5.69 Å². The summed E-state index contributed by atoms with van der Waals surface area (Å²) < 4.78 is 20.8. The van der Waals surface area contributed by atoms with Crippen LogP contribution in [0.2, 0.25) is 0 Å². The molecule has 2 rings (SSSR count). The molecule has 2 aromatic rings. The van der Waals surface area contributed by atoms with Crippen molar-refractivity contribution < 1.29 is 18.8 Å². The number of anilines is 1. The number of rotatable bonds is 4. The largest absolute Gasteiger partial charge is 0.360 e. The van der Waals surface area contributed by atoms with E-state index in [2.05, 4.69) is 14.7 Å². The minimum atomic E-state index is -3.47. The molecule has 0 radical (unpaired) electrons. The second-order valence-electron chi connectivity index (χ2n) is 4.63. The van der Waals surface area contributed by atoms with Crippen LogP contribution in [0.3, 0.4) is 0 Å². The lowest BCUT2D eigenvalue weighted by molar-refractivity contribution is -0.179. The maximum atomic E-state index is 12.4. The molecule has 0 fully saturated rings. The van der Waals surface area contributed by atoms with Crippen LogP contribution in [0, 0.1) is 0 Å². The average Bonchev–Trinajstić information content (AvgIpc) is 2.99. The summed E-state index contributed by atoms with van der Waals surface area (Å²) in [7, 11) is -2.17. The number of carbonyl (C=O) groups is 1. The van der Waals surface area contributed by atoms with Gasteiger partial charge in [0.2, 0.25) is 5.79 Å². The molecule has 0 aliphatic heterocycles. The Balaban J connectivity index is 2.24. The summed E-state index contributed by atoms with van der Waals surface area (Å²) in [5, 5.41) is 18.2. The Bertz CT molecular complexity index is 810. The summed E-state index contributed by atoms with van der Waals surface area (Å²) in [4.78, 5) is 15.7. The van der Waals surface area contributed by atoms with Gasteiger partial charge in [-0.1, -0.05) is 18.2 Å². The first-order valence-corrected chi connectivity index (χ1v) is 8.79. The predicted molar refractivity (Wildman–Crippen MR) is 87.2 cm³/mol. The first-order valence-electron chi connectivity index (χ1n) is 6.39. The van der Waals surface area contributed by atoms with E-state index in [1.54, 1.807) is 30.3 Å². The smallest absolute Gasteiger partial charge is 0.354 e. The van der Waals surface area contributed by atoms with E-state index in [4.69, 9.17) is 9.88 Å². The summed E-state index contributed by atoms with van der Waals surface area (Å²) in [6, 6.07) is 7.74. The van der Waals surface area contributed by atoms with E-state index in [1.165, 1.54) is 20.2 Å². The van der Waals surface area contributed by atoms with Crippen LogP contribution in [0.5, 0.6) is 0 Å². The molecular weight excluding hydrogens is 340 g/mol. The molecule has 23 heavy (non-hydrogen) atoms. The lowest BCUT2D eigenvalue weighted by Crippen LogP contribution is -2.22. The number of amides is 2. The fraction of sp³-hybridized carbons (Fsp3) is 0.231. The maximum Gasteiger partial charge on any atom is 0.354 e. The molecule has 0 spiro atoms. The zero-order valence-electron chi connectivity index (χ0n) is 12.4. The zero-order chi connectivity index (χ0) is 17.1. The SMILES string of the molecule is COC(C)(O)c1ncc(S(N)(=O)=NC(=O)Nc2ccccc2)s1. The number of nitrogens with two attached hydrogens (primary N) is 1. The van der Waals surface area contributed by atoms with Gasteiger partial charge in [-0.25, -0.2) is 19.1 Å². The Labute approximate surface area is 137 Å². The van der Waals surface area contributed by atoms with Gasteiger partial charge in [0.15, 0.2) is 14.9 Å². The highest BCUT2D eigenvalue weighted by Crippen LogP contribution is 2.28. The van der Waals surface area contributed by atoms with Gasteiger partial charge in [-0.15, -0.1) is 15.7 Å². The third-order valence-corrected chi connectivity index (χ3v) is 5.88. The minimum Gasteiger partial charge on any atom is -0.360 e. The molecule has 10 heteroatoms. The number of para-hydroxylation sites is 1. The highest BCUT2D eigenvalue weighted by molar-refractivity contribution is 7.93. The van der Waals surface area contributed by atoms with Gasteiger partial charge in [-0.05, 0) is 19.1 Å². The van der Waals surface area contributed by atoms with Crippen LogP contribution in [-0.4, -0.2) is 27.4 Å². The normalized spacial score (nSPS) is 16.2. The fourth-order valence-corrected chi connectivity index (χ4v) is 3.62. The summed E-state index contributed by atoms with van der Waals surface area (Å²) in [6.07, 6.45) is 1.20. The van der Waals surface area contributed by atoms with Gasteiger partial charge in [-0.2, -0.15) is 0 Å². The van der Waals surface area contributed by atoms with E-state index >= 15 is 0 Å². The number of methoxy groups -OCH3 is 1. The molecule has 2 amide bonds. The Morgan fingerprint density at radius 2 is 2.13 bits per heavy atom. The number of carbonyl (C=O) groups excluding carboxylic acids is 1. The number of benzene rings is 1. The van der Waals surface area contributed by atoms with Crippen LogP contribution in [-0.2, 0) is 20.4 Å². The quantitative estimate of drug-likeness (QED) is 0.721. The molecule has 0 bridgehead atoms. The predicted octanol–water partition coefficient (Wildman–Crippen LogP) is 1.89. The number of aromatic nitrogens is 1. The van der Waals surface area contributed by atoms with Crippen LogP contribution in [0.15, 0.2) is 45.1 Å². The van der Waals surface area contributed by atoms with Gasteiger partial charge in [-0.3, -0.25) is 0 Å². The lowest BCUT2D eigenvalue weighted by atomic mass is 10.3. The topological polar surface area (TPSA) is 127 Å². The number of aliphatic hydroxyl groups is 1. The molecule has 1 aromatic carbocycles. The van der Waals surface area contributed by atoms with Crippen LogP contribution >= 0.6 is 11.3 Å². The van der Waals surface area contributed by atoms with Crippen molar-refractivity contribution in [3.05, 3.63) is 41.5 Å². The van der Waals surface area contributed by atoms with Gasteiger partial charge in [0.05, 0.1) is 6.20 Å². The second-order valence-corrected chi connectivity index (χ2v) is 7.68. The number of ether oxygens (including phenoxy) is 1. The summed E-state index contributed by atoms with van der Waals surface area (Å²) in [6.45, 7) is 1.38. The average molecular weight is 356 g/mol. The van der Waals surface area contributed by atoms with E-state index in [-0.39, 0.29) is 9.22 Å². The monoisotopic (exact) mass is 356 g/mol. The highest BCUT2D eigenvalue weighted by Gasteiger charge is 2.28. The van der Waals surface area contributed by atoms with Crippen molar-refractivity contribution in [1.82, 2.24) is 4.98 Å². The lowest BCUT2D eigenvalue weighted by Gasteiger charge is -2.17. The van der Waals surface area contributed by atoms with E-state index in [1.807, 2.05) is 0 Å². The van der Waals surface area contributed by atoms with Crippen LogP contribution in [0.4, 0.5) is 10.5 Å². The number of thiazole rings is 1. The molecule has 2 unspecified atom stereocenters. The van der Waals surface area contributed by atoms with Crippen molar-refractivity contribution in [3.8, 4) is 0 Å². The Morgan fingerprint density at radius 1 is 1.48 bits per heavy atom. The van der Waals surface area contributed by atoms with Gasteiger partial charge in [0, 0.05) is 12.8 Å². The standard InChI is InChI=1S/C13H16N4O4S2/c1-13(19,21-2)11-15-8-10(22-11)23(14,20)17-12(18)16-9-6-4-3-5-7-9/h3-8,19H,1-2H3,(H3,14,16,17,18,20). The van der Waals surface area contributed by atoms with Gasteiger partial charge >= 0.3 is 6.03 Å². The molecule has 2 atom stereocenters. The van der Waals surface area contributed by atoms with Crippen molar-refractivity contribution in [2.45, 2.75) is 16.9 Å². The van der Waals surface area contributed by atoms with E-state index < -0.39 is 21.7 Å². The molecule has 1 heterocycles. The van der Waals surface area contributed by atoms with E-state index in [9.17, 15) is 14.1 Å². The Morgan fingerprint density at radius 3 is 2.74 bits per heavy atom. The third kappa shape index (κ3) is 4.33. The minimum absolute atomic E-state index is 0.0630. The van der Waals surface area contributed by atoms with Crippen molar-refractivity contribution in [3.63, 3.8) is 0 Å². The first kappa shape index (κ1) is 17.5. The number of nitrogens with zero attached hydrogens (tertiary/aromatic N) is 2. The summed E-state index contributed by atoms with van der Waals surface area (Å²) >= 11 is 0.859. The highest BCUT2D eigenvalue weighted by atomic mass is 32.2. The molecule has 0 saturated carbocycles. The molecular formula is C13H16N4O4S2. The van der Waals surface area contributed by atoms with Crippen molar-refractivity contribution in [1.29, 1.82) is 0 Å². The summed E-state index contributed by atoms with van der Waals surface area (Å²) in [5.74, 6) is -1.63. The first-order chi connectivity index (χ1) is 10.7. The van der Waals surface area contributed by atoms with Gasteiger partial charge in [0.25, 0.3) is 0 Å². The molecule has 124 valence electrons. The molecule has 8 nitrogen and oxygen atoms in total. The molecule has 0 aliphatic carbocycles. The number of urea groups is 1. The number of hydrogen-bond donors (Lipinski definition) is 3. The van der Waals surface area contributed by atoms with Crippen molar-refractivity contribution >= 4 is 33.0 Å². The molecule has 4 N–H and O–H groups in total. The Hall–Kier alpha value is -1.85. The van der Waals surface area contributed by atoms with Crippen LogP contribution in [0.25, 0.3) is 0 Å². The molecule has 0 aliphatic rings. The van der Waals surface area contributed by atoms with Crippen molar-refractivity contribution in [2.75, 3.05) is 12.4 Å². The Kier molecular flexibility index (Phi) is 5.12. The van der Waals surface area contributed by atoms with Gasteiger partial charge in [0.1, 0.15) is 4.21 Å². The number of nitrogens with one attached hydrogen (secondary N) is 1. The summed E-state index contributed by atoms with van der Waals surface area (Å²) in [5.41, 5.74) is 0.503.